The number of aliphatic hydroxyl groups excluding tert-OH is 5. The summed E-state index contributed by atoms with van der Waals surface area (Å²) in [7, 11) is 0. The molecule has 23 heavy (non-hydrogen) atoms. The van der Waals surface area contributed by atoms with Crippen molar-refractivity contribution in [1.29, 1.82) is 0 Å². The molecule has 130 valence electrons. The normalized spacial score (nSPS) is 46.2. The number of allylic oxidation sites excluding steroid dienone is 2. The molecule has 0 spiro atoms. The van der Waals surface area contributed by atoms with Crippen LogP contribution in [0.25, 0.3) is 0 Å². The fraction of sp³-hybridized carbons (Fsp3) is 0.733. The van der Waals surface area contributed by atoms with Crippen LogP contribution in [-0.4, -0.2) is 75.7 Å². The number of rotatable bonds is 4. The number of hydrogen-bond acceptors (Lipinski definition) is 8. The minimum atomic E-state index is -1.50. The topological polar surface area (TPSA) is 129 Å². The van der Waals surface area contributed by atoms with Crippen molar-refractivity contribution in [2.75, 3.05) is 13.2 Å². The SMILES string of the molecule is OCC1=CC[C@H]2C=CO[C@@H](O[C@@H]3O[C@H](CO)[C@H](O)[C@@H](O)[C@@H]3O)[C@H]12. The summed E-state index contributed by atoms with van der Waals surface area (Å²) in [6.45, 7) is -0.642. The standard InChI is InChI=1S/C15H22O8/c16-5-8-2-1-7-3-4-21-14(10(7)8)23-15-13(20)12(19)11(18)9(6-17)22-15/h2-4,7,9-20H,1,5-6H2/t7-,9+,10-,11-,12+,13-,14-,15-/m0/s1. The lowest BCUT2D eigenvalue weighted by molar-refractivity contribution is -0.339. The summed E-state index contributed by atoms with van der Waals surface area (Å²) in [6, 6.07) is 0. The number of fused-ring (bicyclic) bond motifs is 1. The number of aliphatic hydroxyl groups is 5. The Morgan fingerprint density at radius 1 is 1.09 bits per heavy atom. The second-order valence-corrected chi connectivity index (χ2v) is 6.03. The van der Waals surface area contributed by atoms with Gasteiger partial charge in [-0.25, -0.2) is 0 Å². The highest BCUT2D eigenvalue weighted by Crippen LogP contribution is 2.40. The fourth-order valence-electron chi connectivity index (χ4n) is 3.33. The van der Waals surface area contributed by atoms with Gasteiger partial charge in [0.1, 0.15) is 24.4 Å². The third-order valence-electron chi connectivity index (χ3n) is 4.67. The van der Waals surface area contributed by atoms with Crippen LogP contribution in [0.3, 0.4) is 0 Å². The first-order chi connectivity index (χ1) is 11.1. The molecule has 0 aromatic heterocycles. The van der Waals surface area contributed by atoms with Gasteiger partial charge < -0.3 is 39.7 Å². The summed E-state index contributed by atoms with van der Waals surface area (Å²) in [5.74, 6) is -0.0850. The molecule has 0 amide bonds. The van der Waals surface area contributed by atoms with Crippen LogP contribution in [0, 0.1) is 11.8 Å². The first-order valence-corrected chi connectivity index (χ1v) is 7.64. The van der Waals surface area contributed by atoms with E-state index in [2.05, 4.69) is 0 Å². The maximum absolute atomic E-state index is 10.0. The van der Waals surface area contributed by atoms with Crippen LogP contribution in [0.4, 0.5) is 0 Å². The van der Waals surface area contributed by atoms with Crippen molar-refractivity contribution in [2.45, 2.75) is 43.4 Å². The van der Waals surface area contributed by atoms with Gasteiger partial charge in [-0.2, -0.15) is 0 Å². The Balaban J connectivity index is 1.72. The van der Waals surface area contributed by atoms with Gasteiger partial charge >= 0.3 is 0 Å². The summed E-state index contributed by atoms with van der Waals surface area (Å²) in [4.78, 5) is 0. The highest BCUT2D eigenvalue weighted by Gasteiger charge is 2.47. The molecule has 0 radical (unpaired) electrons. The van der Waals surface area contributed by atoms with Gasteiger partial charge in [-0.3, -0.25) is 0 Å². The van der Waals surface area contributed by atoms with Gasteiger partial charge in [-0.1, -0.05) is 6.08 Å². The summed E-state index contributed by atoms with van der Waals surface area (Å²) in [6.07, 6.45) is -1.44. The third-order valence-corrected chi connectivity index (χ3v) is 4.67. The Labute approximate surface area is 133 Å². The first-order valence-electron chi connectivity index (χ1n) is 7.64. The molecule has 1 saturated heterocycles. The van der Waals surface area contributed by atoms with E-state index in [1.165, 1.54) is 6.26 Å². The summed E-state index contributed by atoms with van der Waals surface area (Å²) in [5.41, 5.74) is 0.786. The smallest absolute Gasteiger partial charge is 0.208 e. The molecule has 8 atom stereocenters. The van der Waals surface area contributed by atoms with Crippen LogP contribution < -0.4 is 0 Å². The average molecular weight is 330 g/mol. The highest BCUT2D eigenvalue weighted by molar-refractivity contribution is 5.21. The molecule has 1 aliphatic carbocycles. The van der Waals surface area contributed by atoms with Gasteiger partial charge in [0.15, 0.2) is 6.29 Å². The van der Waals surface area contributed by atoms with Crippen LogP contribution in [-0.2, 0) is 14.2 Å². The van der Waals surface area contributed by atoms with E-state index in [1.54, 1.807) is 0 Å². The van der Waals surface area contributed by atoms with E-state index >= 15 is 0 Å². The molecule has 1 fully saturated rings. The van der Waals surface area contributed by atoms with Gasteiger partial charge in [-0.05, 0) is 24.0 Å². The second kappa shape index (κ2) is 6.86. The zero-order chi connectivity index (χ0) is 16.6. The van der Waals surface area contributed by atoms with Crippen molar-refractivity contribution in [3.8, 4) is 0 Å². The van der Waals surface area contributed by atoms with E-state index in [9.17, 15) is 25.5 Å². The van der Waals surface area contributed by atoms with E-state index in [-0.39, 0.29) is 18.4 Å². The Morgan fingerprint density at radius 3 is 2.57 bits per heavy atom. The molecule has 2 aliphatic heterocycles. The predicted octanol–water partition coefficient (Wildman–Crippen LogP) is -1.77. The lowest BCUT2D eigenvalue weighted by Crippen LogP contribution is -2.60. The van der Waals surface area contributed by atoms with Crippen LogP contribution in [0.15, 0.2) is 24.0 Å². The van der Waals surface area contributed by atoms with E-state index in [0.717, 1.165) is 12.0 Å². The molecule has 0 saturated carbocycles. The molecule has 2 heterocycles. The fourth-order valence-corrected chi connectivity index (χ4v) is 3.33. The lowest BCUT2D eigenvalue weighted by Gasteiger charge is -2.42. The van der Waals surface area contributed by atoms with Crippen LogP contribution in [0.2, 0.25) is 0 Å². The lowest BCUT2D eigenvalue weighted by atomic mass is 9.89. The zero-order valence-electron chi connectivity index (χ0n) is 12.4. The van der Waals surface area contributed by atoms with E-state index in [4.69, 9.17) is 14.2 Å². The Hall–Kier alpha value is -1.00. The monoisotopic (exact) mass is 330 g/mol. The van der Waals surface area contributed by atoms with Crippen molar-refractivity contribution in [2.24, 2.45) is 11.8 Å². The molecule has 0 aromatic rings. The molecule has 3 rings (SSSR count). The molecule has 8 heteroatoms. The van der Waals surface area contributed by atoms with Gasteiger partial charge in [0, 0.05) is 0 Å². The van der Waals surface area contributed by atoms with Crippen LogP contribution >= 0.6 is 0 Å². The maximum Gasteiger partial charge on any atom is 0.208 e. The number of hydrogen-bond donors (Lipinski definition) is 5. The van der Waals surface area contributed by atoms with E-state index < -0.39 is 43.6 Å². The Kier molecular flexibility index (Phi) is 5.02. The van der Waals surface area contributed by atoms with Gasteiger partial charge in [0.2, 0.25) is 6.29 Å². The summed E-state index contributed by atoms with van der Waals surface area (Å²) >= 11 is 0. The van der Waals surface area contributed by atoms with Crippen molar-refractivity contribution < 1.29 is 39.7 Å². The van der Waals surface area contributed by atoms with Gasteiger partial charge in [0.25, 0.3) is 0 Å². The van der Waals surface area contributed by atoms with Crippen LogP contribution in [0.1, 0.15) is 6.42 Å². The van der Waals surface area contributed by atoms with Crippen molar-refractivity contribution in [3.05, 3.63) is 24.0 Å². The van der Waals surface area contributed by atoms with Crippen LogP contribution in [0.5, 0.6) is 0 Å². The summed E-state index contributed by atoms with van der Waals surface area (Å²) < 4.78 is 16.4. The predicted molar refractivity (Wildman–Crippen MR) is 75.6 cm³/mol. The molecule has 0 unspecified atom stereocenters. The quantitative estimate of drug-likeness (QED) is 0.383. The highest BCUT2D eigenvalue weighted by atomic mass is 16.8. The second-order valence-electron chi connectivity index (χ2n) is 6.03. The Morgan fingerprint density at radius 2 is 1.87 bits per heavy atom. The first kappa shape index (κ1) is 16.8. The molecule has 0 aromatic carbocycles. The molecule has 5 N–H and O–H groups in total. The van der Waals surface area contributed by atoms with E-state index in [1.807, 2.05) is 12.2 Å². The summed E-state index contributed by atoms with van der Waals surface area (Å²) in [5, 5.41) is 48.3. The third kappa shape index (κ3) is 3.03. The minimum absolute atomic E-state index is 0.118. The minimum Gasteiger partial charge on any atom is -0.472 e. The molecule has 3 aliphatic rings. The van der Waals surface area contributed by atoms with Crippen molar-refractivity contribution in [1.82, 2.24) is 0 Å². The largest absolute Gasteiger partial charge is 0.472 e. The zero-order valence-corrected chi connectivity index (χ0v) is 12.4. The van der Waals surface area contributed by atoms with E-state index in [0.29, 0.717) is 0 Å². The molecule has 0 bridgehead atoms. The van der Waals surface area contributed by atoms with Crippen molar-refractivity contribution >= 4 is 0 Å². The average Bonchev–Trinajstić information content (AvgIpc) is 2.99. The number of ether oxygens (including phenoxy) is 3. The molecular formula is C15H22O8. The molecular weight excluding hydrogens is 308 g/mol. The molecule has 8 nitrogen and oxygen atoms in total. The van der Waals surface area contributed by atoms with Crippen molar-refractivity contribution in [3.63, 3.8) is 0 Å². The van der Waals surface area contributed by atoms with Gasteiger partial charge in [-0.15, -0.1) is 0 Å². The maximum atomic E-state index is 10.0. The Bertz CT molecular complexity index is 476. The van der Waals surface area contributed by atoms with Gasteiger partial charge in [0.05, 0.1) is 25.4 Å².